The van der Waals surface area contributed by atoms with E-state index in [0.29, 0.717) is 19.8 Å². The lowest BCUT2D eigenvalue weighted by Crippen LogP contribution is -2.45. The quantitative estimate of drug-likeness (QED) is 0.637. The van der Waals surface area contributed by atoms with Gasteiger partial charge >= 0.3 is 6.03 Å². The van der Waals surface area contributed by atoms with E-state index in [0.717, 1.165) is 12.0 Å². The molecule has 2 rings (SSSR count). The van der Waals surface area contributed by atoms with Crippen LogP contribution in [0.15, 0.2) is 30.3 Å². The van der Waals surface area contributed by atoms with Crippen LogP contribution in [0.4, 0.5) is 4.79 Å². The molecule has 1 N–H and O–H groups in total. The van der Waals surface area contributed by atoms with E-state index in [1.54, 1.807) is 11.8 Å². The molecule has 0 aromatic heterocycles. The molecule has 1 aromatic rings. The average molecular weight is 276 g/mol. The summed E-state index contributed by atoms with van der Waals surface area (Å²) in [6.07, 6.45) is 0.932. The van der Waals surface area contributed by atoms with E-state index in [2.05, 4.69) is 5.32 Å². The van der Waals surface area contributed by atoms with Gasteiger partial charge in [-0.25, -0.2) is 4.79 Å². The molecule has 1 aliphatic heterocycles. The normalized spacial score (nSPS) is 22.2. The van der Waals surface area contributed by atoms with E-state index in [1.165, 1.54) is 0 Å². The molecule has 1 heterocycles. The maximum Gasteiger partial charge on any atom is 0.325 e. The molecule has 0 bridgehead atoms. The fourth-order valence-electron chi connectivity index (χ4n) is 2.39. The number of nitrogens with zero attached hydrogens (tertiary/aromatic N) is 1. The summed E-state index contributed by atoms with van der Waals surface area (Å²) < 4.78 is 5.42. The Bertz CT molecular complexity index is 489. The number of benzene rings is 1. The average Bonchev–Trinajstić information content (AvgIpc) is 2.68. The van der Waals surface area contributed by atoms with Crippen LogP contribution in [0.2, 0.25) is 0 Å². The zero-order chi connectivity index (χ0) is 14.6. The van der Waals surface area contributed by atoms with Gasteiger partial charge in [0.25, 0.3) is 5.91 Å². The summed E-state index contributed by atoms with van der Waals surface area (Å²) in [4.78, 5) is 25.7. The highest BCUT2D eigenvalue weighted by atomic mass is 16.5. The summed E-state index contributed by atoms with van der Waals surface area (Å²) in [5.74, 6) is -0.288. The molecule has 1 aliphatic rings. The number of ether oxygens (including phenoxy) is 1. The van der Waals surface area contributed by atoms with Crippen molar-refractivity contribution in [1.82, 2.24) is 10.2 Å². The summed E-state index contributed by atoms with van der Waals surface area (Å²) >= 11 is 0. The van der Waals surface area contributed by atoms with Crippen molar-refractivity contribution in [1.29, 1.82) is 0 Å². The molecular formula is C15H20N2O3. The molecule has 5 nitrogen and oxygen atoms in total. The van der Waals surface area contributed by atoms with Gasteiger partial charge in [0.15, 0.2) is 0 Å². The first-order valence-electron chi connectivity index (χ1n) is 6.87. The van der Waals surface area contributed by atoms with Crippen LogP contribution in [-0.2, 0) is 15.1 Å². The van der Waals surface area contributed by atoms with Crippen molar-refractivity contribution >= 4 is 11.9 Å². The Morgan fingerprint density at radius 1 is 1.20 bits per heavy atom. The predicted octanol–water partition coefficient (Wildman–Crippen LogP) is 1.88. The summed E-state index contributed by atoms with van der Waals surface area (Å²) in [5.41, 5.74) is -0.160. The Labute approximate surface area is 118 Å². The molecule has 5 heteroatoms. The molecule has 0 radical (unpaired) electrons. The lowest BCUT2D eigenvalue weighted by Gasteiger charge is -2.32. The topological polar surface area (TPSA) is 58.6 Å². The number of rotatable bonds is 6. The monoisotopic (exact) mass is 276 g/mol. The molecule has 3 amide bonds. The number of amides is 3. The Morgan fingerprint density at radius 2 is 1.90 bits per heavy atom. The van der Waals surface area contributed by atoms with Gasteiger partial charge in [0.2, 0.25) is 0 Å². The van der Waals surface area contributed by atoms with E-state index in [1.807, 2.05) is 37.3 Å². The minimum atomic E-state index is -0.964. The Morgan fingerprint density at radius 3 is 2.55 bits per heavy atom. The molecule has 1 aromatic carbocycles. The number of urea groups is 1. The molecule has 1 unspecified atom stereocenters. The molecule has 1 fully saturated rings. The van der Waals surface area contributed by atoms with Crippen LogP contribution in [0.1, 0.15) is 25.8 Å². The highest BCUT2D eigenvalue weighted by Crippen LogP contribution is 2.32. The first-order chi connectivity index (χ1) is 9.60. The van der Waals surface area contributed by atoms with Crippen LogP contribution in [0.3, 0.4) is 0 Å². The second kappa shape index (κ2) is 6.05. The van der Waals surface area contributed by atoms with E-state index in [-0.39, 0.29) is 11.9 Å². The summed E-state index contributed by atoms with van der Waals surface area (Å²) in [6, 6.07) is 8.97. The second-order valence-corrected chi connectivity index (χ2v) is 4.96. The lowest BCUT2D eigenvalue weighted by molar-refractivity contribution is -0.126. The molecular weight excluding hydrogens is 256 g/mol. The first kappa shape index (κ1) is 14.5. The summed E-state index contributed by atoms with van der Waals surface area (Å²) in [7, 11) is 0. The molecule has 108 valence electrons. The maximum atomic E-state index is 12.2. The van der Waals surface area contributed by atoms with Crippen molar-refractivity contribution in [3.05, 3.63) is 35.9 Å². The van der Waals surface area contributed by atoms with Gasteiger partial charge in [0, 0.05) is 13.2 Å². The Kier molecular flexibility index (Phi) is 4.39. The van der Waals surface area contributed by atoms with Gasteiger partial charge in [-0.2, -0.15) is 0 Å². The van der Waals surface area contributed by atoms with Crippen LogP contribution in [-0.4, -0.2) is 36.6 Å². The van der Waals surface area contributed by atoms with Gasteiger partial charge in [0.1, 0.15) is 5.54 Å². The van der Waals surface area contributed by atoms with Crippen molar-refractivity contribution < 1.29 is 14.3 Å². The molecule has 20 heavy (non-hydrogen) atoms. The zero-order valence-corrected chi connectivity index (χ0v) is 11.9. The summed E-state index contributed by atoms with van der Waals surface area (Å²) in [5, 5.41) is 2.39. The largest absolute Gasteiger partial charge is 0.380 e. The van der Waals surface area contributed by atoms with Gasteiger partial charge in [-0.05, 0) is 18.9 Å². The van der Waals surface area contributed by atoms with Crippen LogP contribution in [0.25, 0.3) is 0 Å². The van der Waals surface area contributed by atoms with E-state index in [9.17, 15) is 9.59 Å². The maximum absolute atomic E-state index is 12.2. The lowest BCUT2D eigenvalue weighted by atomic mass is 9.90. The van der Waals surface area contributed by atoms with Crippen molar-refractivity contribution in [3.8, 4) is 0 Å². The fourth-order valence-corrected chi connectivity index (χ4v) is 2.39. The van der Waals surface area contributed by atoms with Crippen LogP contribution < -0.4 is 5.32 Å². The molecule has 0 spiro atoms. The van der Waals surface area contributed by atoms with Gasteiger partial charge in [0.05, 0.1) is 6.61 Å². The highest BCUT2D eigenvalue weighted by molar-refractivity contribution is 6.07. The minimum absolute atomic E-state index is 0.288. The third-order valence-corrected chi connectivity index (χ3v) is 3.59. The predicted molar refractivity (Wildman–Crippen MR) is 75.1 cm³/mol. The second-order valence-electron chi connectivity index (χ2n) is 4.96. The number of carbonyl (C=O) groups is 2. The Balaban J connectivity index is 2.19. The SMILES string of the molecule is CCCOCCN1C(=O)NC(=O)C1(C)c1ccccc1. The molecule has 1 saturated heterocycles. The first-order valence-corrected chi connectivity index (χ1v) is 6.87. The Hall–Kier alpha value is -1.88. The minimum Gasteiger partial charge on any atom is -0.380 e. The van der Waals surface area contributed by atoms with E-state index in [4.69, 9.17) is 4.74 Å². The number of hydrogen-bond donors (Lipinski definition) is 1. The third-order valence-electron chi connectivity index (χ3n) is 3.59. The van der Waals surface area contributed by atoms with E-state index >= 15 is 0 Å². The van der Waals surface area contributed by atoms with Crippen LogP contribution in [0, 0.1) is 0 Å². The zero-order valence-electron chi connectivity index (χ0n) is 11.9. The van der Waals surface area contributed by atoms with Crippen molar-refractivity contribution in [2.45, 2.75) is 25.8 Å². The smallest absolute Gasteiger partial charge is 0.325 e. The molecule has 1 atom stereocenters. The van der Waals surface area contributed by atoms with Gasteiger partial charge in [-0.3, -0.25) is 10.1 Å². The standard InChI is InChI=1S/C15H20N2O3/c1-3-10-20-11-9-17-14(19)16-13(18)15(17,2)12-7-5-4-6-8-12/h4-8H,3,9-11H2,1-2H3,(H,16,18,19). The van der Waals surface area contributed by atoms with Crippen molar-refractivity contribution in [2.24, 2.45) is 0 Å². The van der Waals surface area contributed by atoms with Gasteiger partial charge < -0.3 is 9.64 Å². The van der Waals surface area contributed by atoms with Crippen LogP contribution >= 0.6 is 0 Å². The fraction of sp³-hybridized carbons (Fsp3) is 0.467. The number of nitrogens with one attached hydrogen (secondary N) is 1. The molecule has 0 saturated carbocycles. The summed E-state index contributed by atoms with van der Waals surface area (Å²) in [6.45, 7) is 5.27. The third kappa shape index (κ3) is 2.54. The molecule has 0 aliphatic carbocycles. The van der Waals surface area contributed by atoms with Gasteiger partial charge in [-0.1, -0.05) is 37.3 Å². The number of imide groups is 1. The van der Waals surface area contributed by atoms with E-state index < -0.39 is 5.54 Å². The van der Waals surface area contributed by atoms with Crippen LogP contribution in [0.5, 0.6) is 0 Å². The van der Waals surface area contributed by atoms with Crippen molar-refractivity contribution in [2.75, 3.05) is 19.8 Å². The number of hydrogen-bond acceptors (Lipinski definition) is 3. The van der Waals surface area contributed by atoms with Gasteiger partial charge in [-0.15, -0.1) is 0 Å². The van der Waals surface area contributed by atoms with Crippen molar-refractivity contribution in [3.63, 3.8) is 0 Å². The highest BCUT2D eigenvalue weighted by Gasteiger charge is 2.50. The number of carbonyl (C=O) groups excluding carboxylic acids is 2.